The van der Waals surface area contributed by atoms with Gasteiger partial charge in [-0.25, -0.2) is 4.79 Å². The molecule has 0 amide bonds. The number of carboxylic acid groups (broad SMARTS) is 1. The minimum Gasteiger partial charge on any atom is -0.477 e. The van der Waals surface area contributed by atoms with Gasteiger partial charge in [-0.3, -0.25) is 14.9 Å². The maximum absolute atomic E-state index is 12.1. The Morgan fingerprint density at radius 2 is 2.15 bits per heavy atom. The zero-order valence-electron chi connectivity index (χ0n) is 10.4. The van der Waals surface area contributed by atoms with Gasteiger partial charge in [-0.2, -0.15) is 0 Å². The van der Waals surface area contributed by atoms with Crippen LogP contribution in [-0.2, 0) is 0 Å². The molecule has 0 fully saturated rings. The van der Waals surface area contributed by atoms with Crippen molar-refractivity contribution in [2.75, 3.05) is 0 Å². The number of thiophene rings is 1. The Kier molecular flexibility index (Phi) is 3.53. The van der Waals surface area contributed by atoms with Gasteiger partial charge in [-0.1, -0.05) is 22.9 Å². The summed E-state index contributed by atoms with van der Waals surface area (Å²) in [4.78, 5) is 33.8. The van der Waals surface area contributed by atoms with Crippen LogP contribution in [0.2, 0.25) is 4.34 Å². The number of nitrogens with zero attached hydrogens (tertiary/aromatic N) is 2. The second-order valence-corrected chi connectivity index (χ2v) is 5.94. The first-order chi connectivity index (χ1) is 9.25. The van der Waals surface area contributed by atoms with Crippen LogP contribution < -0.4 is 5.43 Å². The second kappa shape index (κ2) is 4.88. The summed E-state index contributed by atoms with van der Waals surface area (Å²) in [6.45, 7) is 3.55. The number of rotatable bonds is 3. The molecule has 0 aliphatic rings. The molecule has 2 aromatic heterocycles. The maximum atomic E-state index is 12.1. The molecule has 0 radical (unpaired) electrons. The third-order valence-corrected chi connectivity index (χ3v) is 4.16. The van der Waals surface area contributed by atoms with Crippen molar-refractivity contribution >= 4 is 44.8 Å². The normalized spacial score (nSPS) is 11.2. The molecule has 0 atom stereocenters. The number of aromatic carboxylic acids is 1. The Balaban J connectivity index is 3.08. The predicted octanol–water partition coefficient (Wildman–Crippen LogP) is 2.90. The number of carboxylic acids is 1. The number of hydrogen-bond donors (Lipinski definition) is 1. The first-order valence-corrected chi connectivity index (χ1v) is 6.70. The standard InChI is InChI=1S/C11H9ClN2O5S/c1-4(2)13-3-5(11(16)17)8(15)6-7(14(18)19)9(12)20-10(6)13/h3-4H,1-2H3,(H,16,17). The molecule has 2 heterocycles. The summed E-state index contributed by atoms with van der Waals surface area (Å²) in [5, 5.41) is 19.8. The second-order valence-electron chi connectivity index (χ2n) is 4.34. The van der Waals surface area contributed by atoms with Gasteiger partial charge in [-0.05, 0) is 13.8 Å². The van der Waals surface area contributed by atoms with Crippen LogP contribution in [-0.4, -0.2) is 20.6 Å². The number of aromatic nitrogens is 1. The van der Waals surface area contributed by atoms with Gasteiger partial charge in [0.2, 0.25) is 5.43 Å². The first kappa shape index (κ1) is 14.5. The van der Waals surface area contributed by atoms with Gasteiger partial charge in [0, 0.05) is 12.2 Å². The molecule has 0 aliphatic heterocycles. The Labute approximate surface area is 121 Å². The van der Waals surface area contributed by atoms with Crippen molar-refractivity contribution in [2.45, 2.75) is 19.9 Å². The predicted molar refractivity (Wildman–Crippen MR) is 75.1 cm³/mol. The zero-order chi connectivity index (χ0) is 15.2. The van der Waals surface area contributed by atoms with E-state index in [9.17, 15) is 19.7 Å². The van der Waals surface area contributed by atoms with Crippen molar-refractivity contribution < 1.29 is 14.8 Å². The lowest BCUT2D eigenvalue weighted by atomic mass is 10.2. The molecule has 20 heavy (non-hydrogen) atoms. The molecule has 7 nitrogen and oxygen atoms in total. The van der Waals surface area contributed by atoms with Crippen molar-refractivity contribution in [1.29, 1.82) is 0 Å². The third kappa shape index (κ3) is 2.06. The zero-order valence-corrected chi connectivity index (χ0v) is 12.0. The van der Waals surface area contributed by atoms with E-state index >= 15 is 0 Å². The van der Waals surface area contributed by atoms with E-state index in [0.29, 0.717) is 4.83 Å². The summed E-state index contributed by atoms with van der Waals surface area (Å²) in [7, 11) is 0. The molecule has 2 rings (SSSR count). The summed E-state index contributed by atoms with van der Waals surface area (Å²) in [5.41, 5.74) is -1.93. The highest BCUT2D eigenvalue weighted by atomic mass is 35.5. The first-order valence-electron chi connectivity index (χ1n) is 5.50. The molecule has 2 aromatic rings. The molecule has 0 bridgehead atoms. The molecule has 0 aromatic carbocycles. The highest BCUT2D eigenvalue weighted by Gasteiger charge is 2.28. The lowest BCUT2D eigenvalue weighted by Crippen LogP contribution is -2.19. The van der Waals surface area contributed by atoms with Crippen LogP contribution in [0, 0.1) is 10.1 Å². The summed E-state index contributed by atoms with van der Waals surface area (Å²) in [6, 6.07) is -0.175. The third-order valence-electron chi connectivity index (χ3n) is 2.77. The summed E-state index contributed by atoms with van der Waals surface area (Å²) < 4.78 is 1.36. The average molecular weight is 317 g/mol. The summed E-state index contributed by atoms with van der Waals surface area (Å²) >= 11 is 6.71. The molecular weight excluding hydrogens is 308 g/mol. The van der Waals surface area contributed by atoms with Crippen LogP contribution >= 0.6 is 22.9 Å². The van der Waals surface area contributed by atoms with Gasteiger partial charge in [0.25, 0.3) is 0 Å². The number of fused-ring (bicyclic) bond motifs is 1. The van der Waals surface area contributed by atoms with E-state index in [0.717, 1.165) is 11.3 Å². The summed E-state index contributed by atoms with van der Waals surface area (Å²) in [6.07, 6.45) is 1.19. The number of nitro groups is 1. The number of pyridine rings is 1. The molecule has 106 valence electrons. The largest absolute Gasteiger partial charge is 0.477 e. The molecule has 0 aliphatic carbocycles. The molecule has 0 spiro atoms. The van der Waals surface area contributed by atoms with Crippen LogP contribution in [0.15, 0.2) is 11.0 Å². The van der Waals surface area contributed by atoms with Gasteiger partial charge in [-0.15, -0.1) is 0 Å². The molecule has 0 saturated carbocycles. The number of carbonyl (C=O) groups is 1. The van der Waals surface area contributed by atoms with Crippen molar-refractivity contribution in [1.82, 2.24) is 4.57 Å². The van der Waals surface area contributed by atoms with Gasteiger partial charge < -0.3 is 9.67 Å². The monoisotopic (exact) mass is 316 g/mol. The Bertz CT molecular complexity index is 792. The average Bonchev–Trinajstić information content (AvgIpc) is 2.66. The van der Waals surface area contributed by atoms with Crippen molar-refractivity contribution in [2.24, 2.45) is 0 Å². The number of hydrogen-bond acceptors (Lipinski definition) is 5. The van der Waals surface area contributed by atoms with Crippen molar-refractivity contribution in [3.05, 3.63) is 36.4 Å². The SMILES string of the molecule is CC(C)n1cc(C(=O)O)c(=O)c2c([N+](=O)[O-])c(Cl)sc21. The van der Waals surface area contributed by atoms with Gasteiger partial charge in [0.15, 0.2) is 4.34 Å². The van der Waals surface area contributed by atoms with Crippen LogP contribution in [0.1, 0.15) is 30.2 Å². The highest BCUT2D eigenvalue weighted by molar-refractivity contribution is 7.23. The fraction of sp³-hybridized carbons (Fsp3) is 0.273. The molecule has 1 N–H and O–H groups in total. The Morgan fingerprint density at radius 3 is 2.60 bits per heavy atom. The lowest BCUT2D eigenvalue weighted by molar-refractivity contribution is -0.382. The molecular formula is C11H9ClN2O5S. The Hall–Kier alpha value is -1.93. The van der Waals surface area contributed by atoms with E-state index in [2.05, 4.69) is 0 Å². The smallest absolute Gasteiger partial charge is 0.341 e. The van der Waals surface area contributed by atoms with E-state index in [-0.39, 0.29) is 15.8 Å². The fourth-order valence-electron chi connectivity index (χ4n) is 1.86. The Morgan fingerprint density at radius 1 is 1.55 bits per heavy atom. The highest BCUT2D eigenvalue weighted by Crippen LogP contribution is 2.40. The lowest BCUT2D eigenvalue weighted by Gasteiger charge is -2.12. The van der Waals surface area contributed by atoms with Gasteiger partial charge in [0.1, 0.15) is 15.8 Å². The van der Waals surface area contributed by atoms with Crippen LogP contribution in [0.4, 0.5) is 5.69 Å². The van der Waals surface area contributed by atoms with E-state index in [1.807, 2.05) is 0 Å². The van der Waals surface area contributed by atoms with Crippen LogP contribution in [0.25, 0.3) is 10.2 Å². The van der Waals surface area contributed by atoms with Gasteiger partial charge >= 0.3 is 11.7 Å². The molecule has 0 saturated heterocycles. The van der Waals surface area contributed by atoms with Crippen LogP contribution in [0.3, 0.4) is 0 Å². The quantitative estimate of drug-likeness (QED) is 0.692. The fourth-order valence-corrected chi connectivity index (χ4v) is 3.35. The van der Waals surface area contributed by atoms with Crippen molar-refractivity contribution in [3.63, 3.8) is 0 Å². The van der Waals surface area contributed by atoms with Crippen molar-refractivity contribution in [3.8, 4) is 0 Å². The van der Waals surface area contributed by atoms with E-state index < -0.39 is 27.6 Å². The van der Waals surface area contributed by atoms with Crippen LogP contribution in [0.5, 0.6) is 0 Å². The maximum Gasteiger partial charge on any atom is 0.341 e. The topological polar surface area (TPSA) is 102 Å². The van der Waals surface area contributed by atoms with Gasteiger partial charge in [0.05, 0.1) is 4.92 Å². The van der Waals surface area contributed by atoms with E-state index in [4.69, 9.17) is 16.7 Å². The molecule has 9 heteroatoms. The minimum atomic E-state index is -1.43. The number of halogens is 1. The summed E-state index contributed by atoms with van der Waals surface area (Å²) in [5.74, 6) is -1.43. The van der Waals surface area contributed by atoms with E-state index in [1.54, 1.807) is 13.8 Å². The molecule has 0 unspecified atom stereocenters. The van der Waals surface area contributed by atoms with E-state index in [1.165, 1.54) is 10.8 Å². The minimum absolute atomic E-state index is 0.140.